The number of anilines is 1. The number of hydrogen-bond donors (Lipinski definition) is 1. The predicted molar refractivity (Wildman–Crippen MR) is 76.7 cm³/mol. The summed E-state index contributed by atoms with van der Waals surface area (Å²) in [4.78, 5) is 14.2. The van der Waals surface area contributed by atoms with Gasteiger partial charge in [0.2, 0.25) is 5.95 Å². The molecule has 0 aromatic carbocycles. The molecule has 0 aliphatic rings. The van der Waals surface area contributed by atoms with E-state index in [-0.39, 0.29) is 0 Å². The number of nitrogens with one attached hydrogen (secondary N) is 1. The molecular weight excluding hydrogens is 280 g/mol. The van der Waals surface area contributed by atoms with E-state index >= 15 is 0 Å². The smallest absolute Gasteiger partial charge is 0.225 e. The molecule has 3 aromatic rings. The summed E-state index contributed by atoms with van der Waals surface area (Å²) in [6, 6.07) is 2.04. The van der Waals surface area contributed by atoms with Crippen LogP contribution in [0.1, 0.15) is 6.92 Å². The van der Waals surface area contributed by atoms with Gasteiger partial charge in [-0.25, -0.2) is 19.6 Å². The highest BCUT2D eigenvalue weighted by molar-refractivity contribution is 7.99. The number of aromatic nitrogens is 5. The fraction of sp³-hybridized carbons (Fsp3) is 0.273. The van der Waals surface area contributed by atoms with Gasteiger partial charge in [0, 0.05) is 19.0 Å². The van der Waals surface area contributed by atoms with Gasteiger partial charge in [0.25, 0.3) is 0 Å². The zero-order valence-electron chi connectivity index (χ0n) is 10.5. The monoisotopic (exact) mass is 292 g/mol. The largest absolute Gasteiger partial charge is 0.354 e. The first-order chi connectivity index (χ1) is 9.28. The Morgan fingerprint density at radius 1 is 1.42 bits per heavy atom. The van der Waals surface area contributed by atoms with Crippen molar-refractivity contribution in [3.63, 3.8) is 0 Å². The number of rotatable bonds is 4. The van der Waals surface area contributed by atoms with Crippen LogP contribution in [0.3, 0.4) is 0 Å². The van der Waals surface area contributed by atoms with Crippen molar-refractivity contribution in [1.82, 2.24) is 24.7 Å². The third kappa shape index (κ3) is 2.41. The standard InChI is InChI=1S/C11H12N6S2/c1-3-12-10-15-8-7(4-5-18-8)9(16-10)19-11-13-6-14-17(11)2/h4-6H,3H2,1-2H3,(H,12,15,16). The van der Waals surface area contributed by atoms with Crippen LogP contribution in [-0.4, -0.2) is 31.3 Å². The summed E-state index contributed by atoms with van der Waals surface area (Å²) in [5, 5.41) is 12.0. The Kier molecular flexibility index (Phi) is 3.34. The van der Waals surface area contributed by atoms with Crippen molar-refractivity contribution in [3.05, 3.63) is 17.8 Å². The van der Waals surface area contributed by atoms with Crippen molar-refractivity contribution < 1.29 is 0 Å². The van der Waals surface area contributed by atoms with Crippen molar-refractivity contribution in [2.45, 2.75) is 17.1 Å². The van der Waals surface area contributed by atoms with Gasteiger partial charge in [0.05, 0.1) is 0 Å². The van der Waals surface area contributed by atoms with Gasteiger partial charge in [-0.3, -0.25) is 0 Å². The quantitative estimate of drug-likeness (QED) is 0.745. The lowest BCUT2D eigenvalue weighted by Crippen LogP contribution is -2.02. The topological polar surface area (TPSA) is 68.5 Å². The second kappa shape index (κ2) is 5.14. The molecule has 3 rings (SSSR count). The molecule has 6 nitrogen and oxygen atoms in total. The molecule has 0 atom stereocenters. The van der Waals surface area contributed by atoms with Crippen LogP contribution >= 0.6 is 23.1 Å². The summed E-state index contributed by atoms with van der Waals surface area (Å²) in [5.41, 5.74) is 0. The minimum atomic E-state index is 0.655. The summed E-state index contributed by atoms with van der Waals surface area (Å²) < 4.78 is 1.73. The lowest BCUT2D eigenvalue weighted by Gasteiger charge is -2.05. The van der Waals surface area contributed by atoms with Crippen molar-refractivity contribution >= 4 is 39.3 Å². The molecule has 98 valence electrons. The average Bonchev–Trinajstić information content (AvgIpc) is 3.00. The fourth-order valence-electron chi connectivity index (χ4n) is 1.61. The van der Waals surface area contributed by atoms with E-state index in [1.165, 1.54) is 11.8 Å². The number of hydrogen-bond acceptors (Lipinski definition) is 7. The van der Waals surface area contributed by atoms with E-state index in [0.29, 0.717) is 5.95 Å². The van der Waals surface area contributed by atoms with Crippen LogP contribution in [-0.2, 0) is 7.05 Å². The van der Waals surface area contributed by atoms with Crippen molar-refractivity contribution in [2.75, 3.05) is 11.9 Å². The van der Waals surface area contributed by atoms with Crippen LogP contribution in [0.25, 0.3) is 10.2 Å². The lowest BCUT2D eigenvalue weighted by atomic mass is 10.4. The molecule has 0 fully saturated rings. The second-order valence-electron chi connectivity index (χ2n) is 3.79. The molecule has 0 radical (unpaired) electrons. The summed E-state index contributed by atoms with van der Waals surface area (Å²) in [7, 11) is 1.87. The Bertz CT molecular complexity index is 704. The minimum absolute atomic E-state index is 0.655. The number of aryl methyl sites for hydroxylation is 1. The van der Waals surface area contributed by atoms with Gasteiger partial charge >= 0.3 is 0 Å². The Hall–Kier alpha value is -1.67. The van der Waals surface area contributed by atoms with E-state index < -0.39 is 0 Å². The Labute approximate surface area is 118 Å². The van der Waals surface area contributed by atoms with Crippen molar-refractivity contribution in [3.8, 4) is 0 Å². The highest BCUT2D eigenvalue weighted by Crippen LogP contribution is 2.32. The van der Waals surface area contributed by atoms with E-state index in [9.17, 15) is 0 Å². The second-order valence-corrected chi connectivity index (χ2v) is 5.64. The molecule has 0 amide bonds. The van der Waals surface area contributed by atoms with Gasteiger partial charge in [0.1, 0.15) is 16.2 Å². The zero-order chi connectivity index (χ0) is 13.2. The Balaban J connectivity index is 2.05. The molecule has 8 heteroatoms. The first-order valence-corrected chi connectivity index (χ1v) is 7.48. The van der Waals surface area contributed by atoms with E-state index in [2.05, 4.69) is 25.4 Å². The number of thiophene rings is 1. The molecular formula is C11H12N6S2. The van der Waals surface area contributed by atoms with Crippen LogP contribution in [0, 0.1) is 0 Å². The highest BCUT2D eigenvalue weighted by atomic mass is 32.2. The molecule has 0 aliphatic carbocycles. The van der Waals surface area contributed by atoms with E-state index in [0.717, 1.165) is 26.9 Å². The first-order valence-electron chi connectivity index (χ1n) is 5.79. The normalized spacial score (nSPS) is 11.1. The molecule has 3 aromatic heterocycles. The molecule has 0 aliphatic heterocycles. The van der Waals surface area contributed by atoms with Crippen LogP contribution < -0.4 is 5.32 Å². The first kappa shape index (κ1) is 12.4. The van der Waals surface area contributed by atoms with Gasteiger partial charge in [-0.05, 0) is 30.1 Å². The zero-order valence-corrected chi connectivity index (χ0v) is 12.1. The molecule has 0 bridgehead atoms. The summed E-state index contributed by atoms with van der Waals surface area (Å²) in [6.07, 6.45) is 1.54. The van der Waals surface area contributed by atoms with Crippen molar-refractivity contribution in [1.29, 1.82) is 0 Å². The summed E-state index contributed by atoms with van der Waals surface area (Å²) in [5.74, 6) is 0.655. The third-order valence-corrected chi connectivity index (χ3v) is 4.35. The van der Waals surface area contributed by atoms with Crippen LogP contribution in [0.15, 0.2) is 28.0 Å². The maximum absolute atomic E-state index is 4.55. The molecule has 0 saturated heterocycles. The van der Waals surface area contributed by atoms with Gasteiger partial charge < -0.3 is 5.32 Å². The summed E-state index contributed by atoms with van der Waals surface area (Å²) >= 11 is 3.11. The minimum Gasteiger partial charge on any atom is -0.354 e. The Morgan fingerprint density at radius 2 is 2.32 bits per heavy atom. The molecule has 0 saturated carbocycles. The van der Waals surface area contributed by atoms with Gasteiger partial charge in [-0.15, -0.1) is 11.3 Å². The fourth-order valence-corrected chi connectivity index (χ4v) is 3.29. The molecule has 1 N–H and O–H groups in total. The van der Waals surface area contributed by atoms with Crippen molar-refractivity contribution in [2.24, 2.45) is 7.05 Å². The SMILES string of the molecule is CCNc1nc(Sc2ncnn2C)c2ccsc2n1. The lowest BCUT2D eigenvalue weighted by molar-refractivity contribution is 0.685. The molecule has 3 heterocycles. The average molecular weight is 292 g/mol. The van der Waals surface area contributed by atoms with Crippen LogP contribution in [0.2, 0.25) is 0 Å². The maximum Gasteiger partial charge on any atom is 0.225 e. The number of fused-ring (bicyclic) bond motifs is 1. The third-order valence-electron chi connectivity index (χ3n) is 2.48. The number of nitrogens with zero attached hydrogens (tertiary/aromatic N) is 5. The summed E-state index contributed by atoms with van der Waals surface area (Å²) in [6.45, 7) is 2.82. The Morgan fingerprint density at radius 3 is 3.05 bits per heavy atom. The molecule has 0 spiro atoms. The van der Waals surface area contributed by atoms with Crippen LogP contribution in [0.4, 0.5) is 5.95 Å². The maximum atomic E-state index is 4.55. The van der Waals surface area contributed by atoms with Gasteiger partial charge in [-0.2, -0.15) is 5.10 Å². The molecule has 19 heavy (non-hydrogen) atoms. The predicted octanol–water partition coefficient (Wildman–Crippen LogP) is 2.40. The van der Waals surface area contributed by atoms with E-state index in [4.69, 9.17) is 0 Å². The van der Waals surface area contributed by atoms with Gasteiger partial charge in [0.15, 0.2) is 5.16 Å². The van der Waals surface area contributed by atoms with Gasteiger partial charge in [-0.1, -0.05) is 0 Å². The van der Waals surface area contributed by atoms with Crippen LogP contribution in [0.5, 0.6) is 0 Å². The van der Waals surface area contributed by atoms with E-state index in [1.54, 1.807) is 22.3 Å². The van der Waals surface area contributed by atoms with E-state index in [1.807, 2.05) is 25.4 Å². The highest BCUT2D eigenvalue weighted by Gasteiger charge is 2.12. The molecule has 0 unspecified atom stereocenters.